The van der Waals surface area contributed by atoms with Crippen LogP contribution in [-0.2, 0) is 11.2 Å². The van der Waals surface area contributed by atoms with Gasteiger partial charge in [-0.2, -0.15) is 0 Å². The van der Waals surface area contributed by atoms with Gasteiger partial charge in [0.2, 0.25) is 5.91 Å². The number of piperidine rings is 1. The maximum atomic E-state index is 12.9. The predicted octanol–water partition coefficient (Wildman–Crippen LogP) is 2.56. The second-order valence-electron chi connectivity index (χ2n) is 7.78. The summed E-state index contributed by atoms with van der Waals surface area (Å²) in [6, 6.07) is 10.4. The number of amides is 2. The van der Waals surface area contributed by atoms with Gasteiger partial charge in [-0.15, -0.1) is 0 Å². The highest BCUT2D eigenvalue weighted by atomic mass is 16.2. The first-order valence-electron chi connectivity index (χ1n) is 10.1. The first-order chi connectivity index (χ1) is 13.7. The van der Waals surface area contributed by atoms with E-state index in [2.05, 4.69) is 22.1 Å². The second-order valence-corrected chi connectivity index (χ2v) is 7.78. The number of hydrogen-bond donors (Lipinski definition) is 0. The van der Waals surface area contributed by atoms with Crippen LogP contribution < -0.4 is 0 Å². The Bertz CT molecular complexity index is 812. The normalized spacial score (nSPS) is 21.4. The Morgan fingerprint density at radius 3 is 2.68 bits per heavy atom. The van der Waals surface area contributed by atoms with Gasteiger partial charge in [-0.25, -0.2) is 4.98 Å². The molecule has 0 aliphatic carbocycles. The largest absolute Gasteiger partial charge is 0.338 e. The number of carbonyl (C=O) groups is 2. The summed E-state index contributed by atoms with van der Waals surface area (Å²) in [7, 11) is 0. The van der Waals surface area contributed by atoms with Crippen molar-refractivity contribution in [3.05, 3.63) is 60.2 Å². The number of aryl methyl sites for hydroxylation is 1. The van der Waals surface area contributed by atoms with E-state index in [1.165, 1.54) is 11.8 Å². The van der Waals surface area contributed by atoms with Crippen LogP contribution in [0, 0.1) is 5.92 Å². The van der Waals surface area contributed by atoms with Crippen molar-refractivity contribution in [2.75, 3.05) is 19.6 Å². The second kappa shape index (κ2) is 8.50. The van der Waals surface area contributed by atoms with Gasteiger partial charge in [-0.05, 0) is 37.2 Å². The van der Waals surface area contributed by atoms with Crippen molar-refractivity contribution in [1.82, 2.24) is 19.8 Å². The van der Waals surface area contributed by atoms with Crippen LogP contribution in [0.3, 0.4) is 0 Å². The van der Waals surface area contributed by atoms with Crippen LogP contribution in [0.2, 0.25) is 0 Å². The maximum Gasteiger partial charge on any atom is 0.274 e. The fraction of sp³-hybridized carbons (Fsp3) is 0.455. The molecule has 146 valence electrons. The molecule has 2 bridgehead atoms. The van der Waals surface area contributed by atoms with Crippen LogP contribution in [0.4, 0.5) is 0 Å². The van der Waals surface area contributed by atoms with Crippen LogP contribution in [0.1, 0.15) is 41.7 Å². The SMILES string of the molecule is O=C(c1cnccn1)N1C[C@@H]2CC[C@H](C1)N(C(=O)CCCc1ccccc1)C2. The molecule has 2 atom stereocenters. The molecule has 3 aliphatic rings. The number of aromatic nitrogens is 2. The molecule has 2 aromatic rings. The minimum atomic E-state index is -0.0802. The lowest BCUT2D eigenvalue weighted by atomic mass is 9.94. The number of carbonyl (C=O) groups excluding carboxylic acids is 2. The van der Waals surface area contributed by atoms with E-state index >= 15 is 0 Å². The third kappa shape index (κ3) is 4.21. The molecule has 6 nitrogen and oxygen atoms in total. The minimum absolute atomic E-state index is 0.0802. The molecular weight excluding hydrogens is 352 g/mol. The van der Waals surface area contributed by atoms with Crippen LogP contribution >= 0.6 is 0 Å². The number of rotatable bonds is 5. The quantitative estimate of drug-likeness (QED) is 0.802. The molecule has 3 aliphatic heterocycles. The fourth-order valence-electron chi connectivity index (χ4n) is 4.36. The number of benzene rings is 1. The van der Waals surface area contributed by atoms with Gasteiger partial charge in [-0.1, -0.05) is 30.3 Å². The molecule has 6 heteroatoms. The van der Waals surface area contributed by atoms with Crippen molar-refractivity contribution in [2.24, 2.45) is 5.92 Å². The average molecular weight is 378 g/mol. The lowest BCUT2D eigenvalue weighted by Gasteiger charge is -2.36. The van der Waals surface area contributed by atoms with Crippen LogP contribution in [0.25, 0.3) is 0 Å². The molecule has 0 unspecified atom stereocenters. The van der Waals surface area contributed by atoms with Gasteiger partial charge in [0.15, 0.2) is 0 Å². The van der Waals surface area contributed by atoms with Gasteiger partial charge in [0.05, 0.1) is 6.20 Å². The molecule has 3 saturated heterocycles. The van der Waals surface area contributed by atoms with Gasteiger partial charge in [0, 0.05) is 44.5 Å². The van der Waals surface area contributed by atoms with Gasteiger partial charge in [0.1, 0.15) is 5.69 Å². The molecule has 0 radical (unpaired) electrons. The Kier molecular flexibility index (Phi) is 5.65. The third-order valence-electron chi connectivity index (χ3n) is 5.80. The summed E-state index contributed by atoms with van der Waals surface area (Å²) in [6.07, 6.45) is 9.02. The Morgan fingerprint density at radius 2 is 1.89 bits per heavy atom. The van der Waals surface area contributed by atoms with Gasteiger partial charge >= 0.3 is 0 Å². The molecule has 0 spiro atoms. The third-order valence-corrected chi connectivity index (χ3v) is 5.80. The fourth-order valence-corrected chi connectivity index (χ4v) is 4.36. The van der Waals surface area contributed by atoms with Crippen molar-refractivity contribution in [2.45, 2.75) is 38.1 Å². The van der Waals surface area contributed by atoms with Gasteiger partial charge < -0.3 is 9.80 Å². The summed E-state index contributed by atoms with van der Waals surface area (Å²) in [5.74, 6) is 0.486. The molecule has 3 fully saturated rings. The molecule has 0 saturated carbocycles. The number of hydrogen-bond acceptors (Lipinski definition) is 4. The van der Waals surface area contributed by atoms with E-state index in [-0.39, 0.29) is 17.9 Å². The highest BCUT2D eigenvalue weighted by Crippen LogP contribution is 2.29. The van der Waals surface area contributed by atoms with E-state index in [9.17, 15) is 9.59 Å². The highest BCUT2D eigenvalue weighted by molar-refractivity contribution is 5.92. The number of fused-ring (bicyclic) bond motifs is 4. The summed E-state index contributed by atoms with van der Waals surface area (Å²) < 4.78 is 0. The van der Waals surface area contributed by atoms with E-state index in [0.29, 0.717) is 31.1 Å². The molecule has 5 rings (SSSR count). The predicted molar refractivity (Wildman–Crippen MR) is 106 cm³/mol. The summed E-state index contributed by atoms with van der Waals surface area (Å²) in [5, 5.41) is 0. The van der Waals surface area contributed by atoms with Crippen molar-refractivity contribution in [3.63, 3.8) is 0 Å². The summed E-state index contributed by atoms with van der Waals surface area (Å²) in [5.41, 5.74) is 1.65. The Labute approximate surface area is 165 Å². The number of nitrogens with zero attached hydrogens (tertiary/aromatic N) is 4. The minimum Gasteiger partial charge on any atom is -0.338 e. The highest BCUT2D eigenvalue weighted by Gasteiger charge is 2.38. The van der Waals surface area contributed by atoms with E-state index in [1.807, 2.05) is 28.0 Å². The summed E-state index contributed by atoms with van der Waals surface area (Å²) in [4.78, 5) is 37.7. The van der Waals surface area contributed by atoms with Crippen LogP contribution in [0.15, 0.2) is 48.9 Å². The zero-order valence-electron chi connectivity index (χ0n) is 16.0. The summed E-state index contributed by atoms with van der Waals surface area (Å²) in [6.45, 7) is 2.05. The van der Waals surface area contributed by atoms with Crippen molar-refractivity contribution < 1.29 is 9.59 Å². The maximum absolute atomic E-state index is 12.9. The molecule has 1 aromatic heterocycles. The van der Waals surface area contributed by atoms with E-state index < -0.39 is 0 Å². The Morgan fingerprint density at radius 1 is 1.04 bits per heavy atom. The van der Waals surface area contributed by atoms with E-state index in [0.717, 1.165) is 32.2 Å². The van der Waals surface area contributed by atoms with Crippen LogP contribution in [0.5, 0.6) is 0 Å². The smallest absolute Gasteiger partial charge is 0.274 e. The lowest BCUT2D eigenvalue weighted by Crippen LogP contribution is -2.47. The molecule has 2 amide bonds. The lowest BCUT2D eigenvalue weighted by molar-refractivity contribution is -0.135. The molecular formula is C22H26N4O2. The molecule has 4 heterocycles. The van der Waals surface area contributed by atoms with E-state index in [4.69, 9.17) is 0 Å². The van der Waals surface area contributed by atoms with Crippen molar-refractivity contribution in [3.8, 4) is 0 Å². The average Bonchev–Trinajstić information content (AvgIpc) is 3.07. The van der Waals surface area contributed by atoms with E-state index in [1.54, 1.807) is 12.4 Å². The molecule has 0 N–H and O–H groups in total. The monoisotopic (exact) mass is 378 g/mol. The van der Waals surface area contributed by atoms with Gasteiger partial charge in [-0.3, -0.25) is 14.6 Å². The van der Waals surface area contributed by atoms with Crippen molar-refractivity contribution >= 4 is 11.8 Å². The Hall–Kier alpha value is -2.76. The topological polar surface area (TPSA) is 66.4 Å². The first kappa shape index (κ1) is 18.6. The van der Waals surface area contributed by atoms with Gasteiger partial charge in [0.25, 0.3) is 5.91 Å². The van der Waals surface area contributed by atoms with Crippen molar-refractivity contribution in [1.29, 1.82) is 0 Å². The first-order valence-corrected chi connectivity index (χ1v) is 10.1. The Balaban J connectivity index is 1.36. The molecule has 28 heavy (non-hydrogen) atoms. The summed E-state index contributed by atoms with van der Waals surface area (Å²) >= 11 is 0. The zero-order valence-corrected chi connectivity index (χ0v) is 16.0. The molecule has 1 aromatic carbocycles. The standard InChI is InChI=1S/C22H26N4O2/c27-21(8-4-7-17-5-2-1-3-6-17)26-15-18-9-10-19(26)16-25(14-18)22(28)20-13-23-11-12-24-20/h1-3,5-6,11-13,18-19H,4,7-10,14-16H2/t18-,19+/m0/s1. The zero-order chi connectivity index (χ0) is 19.3. The van der Waals surface area contributed by atoms with Crippen LogP contribution in [-0.4, -0.2) is 57.3 Å².